The molecule has 2 heteroatoms. The van der Waals surface area contributed by atoms with Crippen molar-refractivity contribution in [3.63, 3.8) is 0 Å². The van der Waals surface area contributed by atoms with E-state index in [9.17, 15) is 4.79 Å². The molecule has 0 unspecified atom stereocenters. The SMILES string of the molecule is CCCCCCCCCC=O.[GaH3]. The van der Waals surface area contributed by atoms with Crippen molar-refractivity contribution in [2.75, 3.05) is 0 Å². The Bertz CT molecular complexity index is 83.9. The van der Waals surface area contributed by atoms with Crippen molar-refractivity contribution in [2.45, 2.75) is 58.3 Å². The van der Waals surface area contributed by atoms with Crippen LogP contribution in [0.4, 0.5) is 0 Å². The summed E-state index contributed by atoms with van der Waals surface area (Å²) in [5.41, 5.74) is 0. The molecular weight excluding hydrogens is 206 g/mol. The average molecular weight is 229 g/mol. The second kappa shape index (κ2) is 13.9. The van der Waals surface area contributed by atoms with Crippen molar-refractivity contribution in [1.29, 1.82) is 0 Å². The fourth-order valence-electron chi connectivity index (χ4n) is 1.18. The zero-order valence-corrected chi connectivity index (χ0v) is 7.64. The quantitative estimate of drug-likeness (QED) is 0.354. The van der Waals surface area contributed by atoms with Crippen LogP contribution in [0.25, 0.3) is 0 Å². The van der Waals surface area contributed by atoms with Crippen LogP contribution in [0.1, 0.15) is 58.3 Å². The Hall–Kier alpha value is 0.306. The third kappa shape index (κ3) is 12.9. The van der Waals surface area contributed by atoms with Crippen molar-refractivity contribution in [3.8, 4) is 0 Å². The van der Waals surface area contributed by atoms with Gasteiger partial charge in [0.25, 0.3) is 0 Å². The first-order chi connectivity index (χ1) is 5.41. The molecule has 0 aromatic heterocycles. The van der Waals surface area contributed by atoms with Crippen molar-refractivity contribution < 1.29 is 4.79 Å². The Balaban J connectivity index is 0. The van der Waals surface area contributed by atoms with E-state index >= 15 is 0 Å². The van der Waals surface area contributed by atoms with Gasteiger partial charge in [-0.15, -0.1) is 0 Å². The monoisotopic (exact) mass is 228 g/mol. The first-order valence-electron chi connectivity index (χ1n) is 4.85. The first kappa shape index (κ1) is 14.8. The molecule has 0 bridgehead atoms. The van der Waals surface area contributed by atoms with Crippen molar-refractivity contribution in [3.05, 3.63) is 0 Å². The normalized spacial score (nSPS) is 9.08. The van der Waals surface area contributed by atoms with Gasteiger partial charge in [-0.25, -0.2) is 0 Å². The number of hydrogen-bond acceptors (Lipinski definition) is 1. The number of hydrogen-bond donors (Lipinski definition) is 0. The molecule has 0 saturated heterocycles. The average Bonchev–Trinajstić information content (AvgIpc) is 2.03. The van der Waals surface area contributed by atoms with Gasteiger partial charge in [0, 0.05) is 6.42 Å². The molecule has 0 fully saturated rings. The van der Waals surface area contributed by atoms with Gasteiger partial charge >= 0.3 is 19.8 Å². The molecule has 0 spiro atoms. The van der Waals surface area contributed by atoms with Gasteiger partial charge in [-0.3, -0.25) is 0 Å². The Morgan fingerprint density at radius 1 is 0.917 bits per heavy atom. The van der Waals surface area contributed by atoms with Crippen LogP contribution >= 0.6 is 0 Å². The van der Waals surface area contributed by atoms with Gasteiger partial charge in [0.15, 0.2) is 0 Å². The third-order valence-corrected chi connectivity index (χ3v) is 1.93. The fourth-order valence-corrected chi connectivity index (χ4v) is 1.18. The van der Waals surface area contributed by atoms with E-state index in [0.717, 1.165) is 19.1 Å². The van der Waals surface area contributed by atoms with E-state index in [0.29, 0.717) is 0 Å². The predicted molar refractivity (Wildman–Crippen MR) is 58.6 cm³/mol. The van der Waals surface area contributed by atoms with Crippen LogP contribution in [-0.4, -0.2) is 26.1 Å². The Kier molecular flexibility index (Phi) is 17.1. The van der Waals surface area contributed by atoms with E-state index < -0.39 is 0 Å². The second-order valence-electron chi connectivity index (χ2n) is 3.08. The third-order valence-electron chi connectivity index (χ3n) is 1.93. The minimum atomic E-state index is 0. The fraction of sp³-hybridized carbons (Fsp3) is 0.900. The van der Waals surface area contributed by atoms with Crippen molar-refractivity contribution in [2.24, 2.45) is 0 Å². The maximum atomic E-state index is 9.94. The van der Waals surface area contributed by atoms with E-state index in [4.69, 9.17) is 0 Å². The summed E-state index contributed by atoms with van der Waals surface area (Å²) >= 11 is 0. The molecule has 72 valence electrons. The van der Waals surface area contributed by atoms with Crippen molar-refractivity contribution in [1.82, 2.24) is 0 Å². The molecule has 1 nitrogen and oxygen atoms in total. The Morgan fingerprint density at radius 2 is 1.42 bits per heavy atom. The van der Waals surface area contributed by atoms with Gasteiger partial charge in [-0.05, 0) is 6.42 Å². The molecule has 0 aromatic rings. The molecule has 0 heterocycles. The van der Waals surface area contributed by atoms with E-state index in [-0.39, 0.29) is 19.8 Å². The zero-order valence-electron chi connectivity index (χ0n) is 7.64. The summed E-state index contributed by atoms with van der Waals surface area (Å²) in [6.45, 7) is 2.23. The van der Waals surface area contributed by atoms with Crippen LogP contribution in [0, 0.1) is 0 Å². The van der Waals surface area contributed by atoms with Crippen LogP contribution < -0.4 is 0 Å². The molecule has 0 aliphatic carbocycles. The van der Waals surface area contributed by atoms with E-state index in [1.807, 2.05) is 0 Å². The van der Waals surface area contributed by atoms with Crippen LogP contribution in [0.3, 0.4) is 0 Å². The molecule has 0 aliphatic heterocycles. The second-order valence-corrected chi connectivity index (χ2v) is 3.08. The number of rotatable bonds is 8. The molecule has 0 radical (unpaired) electrons. The topological polar surface area (TPSA) is 17.1 Å². The van der Waals surface area contributed by atoms with Crippen LogP contribution in [-0.2, 0) is 4.79 Å². The van der Waals surface area contributed by atoms with E-state index in [1.54, 1.807) is 0 Å². The summed E-state index contributed by atoms with van der Waals surface area (Å²) in [5, 5.41) is 0. The molecule has 12 heavy (non-hydrogen) atoms. The van der Waals surface area contributed by atoms with Gasteiger partial charge in [-0.2, -0.15) is 0 Å². The molecular formula is C10H23GaO. The van der Waals surface area contributed by atoms with Crippen molar-refractivity contribution >= 4 is 26.1 Å². The summed E-state index contributed by atoms with van der Waals surface area (Å²) < 4.78 is 0. The summed E-state index contributed by atoms with van der Waals surface area (Å²) in [6.07, 6.45) is 10.8. The van der Waals surface area contributed by atoms with E-state index in [1.165, 1.54) is 38.5 Å². The summed E-state index contributed by atoms with van der Waals surface area (Å²) in [5.74, 6) is 0. The summed E-state index contributed by atoms with van der Waals surface area (Å²) in [6, 6.07) is 0. The first-order valence-corrected chi connectivity index (χ1v) is 4.85. The number of aldehydes is 1. The molecule has 0 saturated carbocycles. The van der Waals surface area contributed by atoms with Crippen LogP contribution in [0.15, 0.2) is 0 Å². The van der Waals surface area contributed by atoms with Crippen LogP contribution in [0.5, 0.6) is 0 Å². The maximum absolute atomic E-state index is 9.94. The molecule has 0 rings (SSSR count). The van der Waals surface area contributed by atoms with Gasteiger partial charge in [0.1, 0.15) is 6.29 Å². The number of carbonyl (C=O) groups excluding carboxylic acids is 1. The minimum absolute atomic E-state index is 0. The van der Waals surface area contributed by atoms with Gasteiger partial charge in [-0.1, -0.05) is 45.4 Å². The van der Waals surface area contributed by atoms with E-state index in [2.05, 4.69) is 6.92 Å². The predicted octanol–water partition coefficient (Wildman–Crippen LogP) is 2.14. The Morgan fingerprint density at radius 3 is 1.92 bits per heavy atom. The number of unbranched alkanes of at least 4 members (excludes halogenated alkanes) is 7. The number of carbonyl (C=O) groups is 1. The van der Waals surface area contributed by atoms with Gasteiger partial charge in [0.05, 0.1) is 0 Å². The Labute approximate surface area is 89.4 Å². The molecule has 0 N–H and O–H groups in total. The van der Waals surface area contributed by atoms with Crippen LogP contribution in [0.2, 0.25) is 0 Å². The summed E-state index contributed by atoms with van der Waals surface area (Å²) in [4.78, 5) is 9.94. The zero-order chi connectivity index (χ0) is 8.36. The molecule has 0 aromatic carbocycles. The standard InChI is InChI=1S/C10H20O.Ga.3H/c1-2-3-4-5-6-7-8-9-10-11;;;;/h10H,2-9H2,1H3;;;;. The molecule has 0 amide bonds. The van der Waals surface area contributed by atoms with Gasteiger partial charge < -0.3 is 4.79 Å². The molecule has 0 atom stereocenters. The summed E-state index contributed by atoms with van der Waals surface area (Å²) in [7, 11) is 0. The van der Waals surface area contributed by atoms with Gasteiger partial charge in [0.2, 0.25) is 0 Å². The molecule has 0 aliphatic rings.